The quantitative estimate of drug-likeness (QED) is 0.113. The fraction of sp³-hybridized carbons (Fsp3) is 0.611. The molecule has 1 aromatic rings. The molecule has 1 unspecified atom stereocenters. The summed E-state index contributed by atoms with van der Waals surface area (Å²) in [6, 6.07) is 5.42. The Bertz CT molecular complexity index is 1080. The summed E-state index contributed by atoms with van der Waals surface area (Å²) in [5.74, 6) is 0.311. The number of aliphatic hydroxyl groups excluding tert-OH is 2. The first-order valence-electron chi connectivity index (χ1n) is 16.1. The molecule has 7 heteroatoms. The molecule has 1 aromatic carbocycles. The van der Waals surface area contributed by atoms with Gasteiger partial charge in [0, 0.05) is 5.92 Å². The molecule has 3 rings (SSSR count). The molecule has 0 bridgehead atoms. The lowest BCUT2D eigenvalue weighted by Crippen LogP contribution is -2.23. The first-order valence-corrected chi connectivity index (χ1v) is 16.1. The van der Waals surface area contributed by atoms with Crippen LogP contribution in [0.2, 0.25) is 0 Å². The summed E-state index contributed by atoms with van der Waals surface area (Å²) in [6.07, 6.45) is 17.2. The molecule has 0 saturated heterocycles. The minimum atomic E-state index is -0.743. The summed E-state index contributed by atoms with van der Waals surface area (Å²) in [5.41, 5.74) is 2.53. The van der Waals surface area contributed by atoms with E-state index < -0.39 is 31.1 Å². The molecule has 238 valence electrons. The summed E-state index contributed by atoms with van der Waals surface area (Å²) in [6.45, 7) is 7.94. The Balaban J connectivity index is 1.53. The Morgan fingerprint density at radius 3 is 2.14 bits per heavy atom. The SMILES string of the molecule is C=C(CO)C(=O)OCC(CCc1ccc(C2=CCC(C3CCC(CCCCC)CC3)CC2)cc1F)COC(=O)C(=C)CO. The van der Waals surface area contributed by atoms with Gasteiger partial charge in [-0.15, -0.1) is 0 Å². The number of ether oxygens (including phenoxy) is 2. The molecule has 0 radical (unpaired) electrons. The number of halogens is 1. The highest BCUT2D eigenvalue weighted by atomic mass is 19.1. The van der Waals surface area contributed by atoms with Gasteiger partial charge in [0.15, 0.2) is 0 Å². The molecular formula is C36H51FO6. The van der Waals surface area contributed by atoms with Crippen molar-refractivity contribution in [1.29, 1.82) is 0 Å². The first-order chi connectivity index (χ1) is 20.7. The van der Waals surface area contributed by atoms with Gasteiger partial charge in [-0.25, -0.2) is 14.0 Å². The van der Waals surface area contributed by atoms with Gasteiger partial charge in [-0.3, -0.25) is 0 Å². The summed E-state index contributed by atoms with van der Waals surface area (Å²) in [7, 11) is 0. The lowest BCUT2D eigenvalue weighted by Gasteiger charge is -2.35. The van der Waals surface area contributed by atoms with Crippen molar-refractivity contribution in [2.75, 3.05) is 26.4 Å². The number of hydrogen-bond acceptors (Lipinski definition) is 6. The molecule has 1 saturated carbocycles. The highest BCUT2D eigenvalue weighted by Crippen LogP contribution is 2.42. The minimum absolute atomic E-state index is 0.0837. The van der Waals surface area contributed by atoms with Gasteiger partial charge < -0.3 is 19.7 Å². The maximum absolute atomic E-state index is 15.2. The zero-order valence-corrected chi connectivity index (χ0v) is 26.0. The Hall–Kier alpha value is -2.77. The van der Waals surface area contributed by atoms with Crippen LogP contribution in [0, 0.1) is 29.5 Å². The second-order valence-electron chi connectivity index (χ2n) is 12.5. The van der Waals surface area contributed by atoms with E-state index in [4.69, 9.17) is 19.7 Å². The van der Waals surface area contributed by atoms with E-state index in [1.165, 1.54) is 63.4 Å². The van der Waals surface area contributed by atoms with Gasteiger partial charge in [-0.2, -0.15) is 0 Å². The number of esters is 2. The summed E-state index contributed by atoms with van der Waals surface area (Å²) in [5, 5.41) is 18.2. The van der Waals surface area contributed by atoms with Crippen LogP contribution in [0.5, 0.6) is 0 Å². The van der Waals surface area contributed by atoms with Crippen molar-refractivity contribution in [3.8, 4) is 0 Å². The number of carbonyl (C=O) groups excluding carboxylic acids is 2. The largest absolute Gasteiger partial charge is 0.462 e. The van der Waals surface area contributed by atoms with E-state index in [0.29, 0.717) is 18.4 Å². The van der Waals surface area contributed by atoms with E-state index in [0.717, 1.165) is 36.2 Å². The van der Waals surface area contributed by atoms with Crippen LogP contribution in [0.15, 0.2) is 48.6 Å². The van der Waals surface area contributed by atoms with E-state index in [1.54, 1.807) is 6.07 Å². The van der Waals surface area contributed by atoms with Crippen molar-refractivity contribution in [1.82, 2.24) is 0 Å². The number of unbranched alkanes of at least 4 members (excludes halogenated alkanes) is 2. The van der Waals surface area contributed by atoms with Crippen LogP contribution in [0.1, 0.15) is 95.1 Å². The van der Waals surface area contributed by atoms with Crippen LogP contribution in [0.4, 0.5) is 4.39 Å². The molecule has 0 amide bonds. The van der Waals surface area contributed by atoms with Gasteiger partial charge in [0.05, 0.1) is 37.6 Å². The molecule has 0 spiro atoms. The lowest BCUT2D eigenvalue weighted by molar-refractivity contribution is -0.144. The molecule has 2 N–H and O–H groups in total. The second-order valence-corrected chi connectivity index (χ2v) is 12.5. The van der Waals surface area contributed by atoms with Crippen molar-refractivity contribution in [2.24, 2.45) is 23.7 Å². The number of carbonyl (C=O) groups is 2. The van der Waals surface area contributed by atoms with Crippen LogP contribution < -0.4 is 0 Å². The summed E-state index contributed by atoms with van der Waals surface area (Å²) < 4.78 is 25.6. The standard InChI is InChI=1S/C36H51FO6/c1-4-5-6-7-27-8-11-29(12-9-27)30-14-16-31(17-15-30)33-19-18-32(34(37)20-33)13-10-28(23-42-35(40)25(2)21-38)24-43-36(41)26(3)22-39/h16,18-20,27-30,38-39H,2-15,17,21-24H2,1H3. The van der Waals surface area contributed by atoms with Gasteiger partial charge in [0.1, 0.15) is 5.82 Å². The zero-order valence-electron chi connectivity index (χ0n) is 26.0. The normalized spacial score (nSPS) is 20.4. The average Bonchev–Trinajstić information content (AvgIpc) is 3.04. The Labute approximate surface area is 257 Å². The van der Waals surface area contributed by atoms with Crippen molar-refractivity contribution >= 4 is 17.5 Å². The Morgan fingerprint density at radius 2 is 1.60 bits per heavy atom. The van der Waals surface area contributed by atoms with Crippen molar-refractivity contribution in [3.63, 3.8) is 0 Å². The van der Waals surface area contributed by atoms with Gasteiger partial charge in [-0.1, -0.05) is 76.8 Å². The molecule has 6 nitrogen and oxygen atoms in total. The number of aryl methyl sites for hydroxylation is 1. The molecule has 0 aliphatic heterocycles. The second kappa shape index (κ2) is 18.1. The van der Waals surface area contributed by atoms with Crippen molar-refractivity contribution in [3.05, 3.63) is 65.5 Å². The van der Waals surface area contributed by atoms with Crippen LogP contribution in [0.25, 0.3) is 5.57 Å². The molecule has 43 heavy (non-hydrogen) atoms. The fourth-order valence-corrected chi connectivity index (χ4v) is 6.42. The maximum atomic E-state index is 15.2. The molecule has 1 fully saturated rings. The van der Waals surface area contributed by atoms with Gasteiger partial charge in [-0.05, 0) is 85.5 Å². The molecule has 2 aliphatic rings. The maximum Gasteiger partial charge on any atom is 0.335 e. The minimum Gasteiger partial charge on any atom is -0.462 e. The number of allylic oxidation sites excluding steroid dienone is 2. The van der Waals surface area contributed by atoms with Crippen LogP contribution in [0.3, 0.4) is 0 Å². The highest BCUT2D eigenvalue weighted by Gasteiger charge is 2.29. The van der Waals surface area contributed by atoms with Gasteiger partial charge >= 0.3 is 11.9 Å². The predicted octanol–water partition coefficient (Wildman–Crippen LogP) is 7.13. The van der Waals surface area contributed by atoms with Crippen molar-refractivity contribution < 1.29 is 33.7 Å². The number of rotatable bonds is 17. The Kier molecular flexibility index (Phi) is 14.6. The average molecular weight is 599 g/mol. The molecular weight excluding hydrogens is 547 g/mol. The lowest BCUT2D eigenvalue weighted by atomic mass is 9.70. The van der Waals surface area contributed by atoms with Gasteiger partial charge in [0.2, 0.25) is 0 Å². The topological polar surface area (TPSA) is 93.1 Å². The number of aliphatic hydroxyl groups is 2. The van der Waals surface area contributed by atoms with Gasteiger partial charge in [0.25, 0.3) is 0 Å². The molecule has 2 aliphatic carbocycles. The molecule has 1 atom stereocenters. The third-order valence-electron chi connectivity index (χ3n) is 9.33. The van der Waals surface area contributed by atoms with Crippen molar-refractivity contribution in [2.45, 2.75) is 90.4 Å². The predicted molar refractivity (Wildman–Crippen MR) is 167 cm³/mol. The smallest absolute Gasteiger partial charge is 0.335 e. The van der Waals surface area contributed by atoms with E-state index >= 15 is 4.39 Å². The van der Waals surface area contributed by atoms with E-state index in [1.807, 2.05) is 12.1 Å². The first kappa shape index (κ1) is 34.7. The highest BCUT2D eigenvalue weighted by molar-refractivity contribution is 5.88. The van der Waals surface area contributed by atoms with E-state index in [-0.39, 0.29) is 30.2 Å². The third-order valence-corrected chi connectivity index (χ3v) is 9.33. The third kappa shape index (κ3) is 11.0. The van der Waals surface area contributed by atoms with Crippen LogP contribution in [-0.4, -0.2) is 48.6 Å². The summed E-state index contributed by atoms with van der Waals surface area (Å²) in [4.78, 5) is 23.9. The number of hydrogen-bond donors (Lipinski definition) is 2. The zero-order chi connectivity index (χ0) is 31.2. The van der Waals surface area contributed by atoms with E-state index in [9.17, 15) is 9.59 Å². The number of benzene rings is 1. The fourth-order valence-electron chi connectivity index (χ4n) is 6.42. The van der Waals surface area contributed by atoms with E-state index in [2.05, 4.69) is 26.2 Å². The molecule has 0 aromatic heterocycles. The summed E-state index contributed by atoms with van der Waals surface area (Å²) >= 11 is 0. The monoisotopic (exact) mass is 598 g/mol. The van der Waals surface area contributed by atoms with Crippen LogP contribution >= 0.6 is 0 Å². The Morgan fingerprint density at radius 1 is 0.953 bits per heavy atom. The molecule has 0 heterocycles. The van der Waals surface area contributed by atoms with Crippen LogP contribution in [-0.2, 0) is 25.5 Å².